The minimum absolute atomic E-state index is 0.0476. The van der Waals surface area contributed by atoms with Crippen LogP contribution in [-0.2, 0) is 4.79 Å². The topological polar surface area (TPSA) is 90.2 Å². The molecule has 1 unspecified atom stereocenters. The molecule has 3 N–H and O–H groups in total. The molecule has 0 aromatic heterocycles. The van der Waals surface area contributed by atoms with Gasteiger partial charge >= 0.3 is 6.18 Å². The van der Waals surface area contributed by atoms with E-state index in [2.05, 4.69) is 25.6 Å². The maximum absolute atomic E-state index is 12.5. The lowest BCUT2D eigenvalue weighted by molar-refractivity contribution is -0.139. The molecule has 0 radical (unpaired) electrons. The van der Waals surface area contributed by atoms with E-state index in [1.807, 2.05) is 18.4 Å². The fraction of sp³-hybridized carbons (Fsp3) is 0.579. The second-order valence-electron chi connectivity index (χ2n) is 7.44. The van der Waals surface area contributed by atoms with Gasteiger partial charge in [-0.1, -0.05) is 31.9 Å². The number of amides is 1. The number of alkyl halides is 3. The van der Waals surface area contributed by atoms with Crippen LogP contribution in [0.2, 0.25) is 0 Å². The van der Waals surface area contributed by atoms with Crippen LogP contribution in [0.25, 0.3) is 0 Å². The van der Waals surface area contributed by atoms with Gasteiger partial charge in [-0.3, -0.25) is 14.8 Å². The fourth-order valence-electron chi connectivity index (χ4n) is 3.35. The summed E-state index contributed by atoms with van der Waals surface area (Å²) >= 11 is 6.12. The minimum atomic E-state index is -4.47. The molecule has 0 saturated heterocycles. The molecule has 0 aliphatic carbocycles. The Labute approximate surface area is 177 Å². The van der Waals surface area contributed by atoms with Crippen molar-refractivity contribution in [1.82, 2.24) is 16.0 Å². The van der Waals surface area contributed by atoms with Crippen LogP contribution >= 0.6 is 11.6 Å². The standard InChI is InChI=1S/C19H24ClF3N6O/c1-3-10(2)15(18(30)27-9-19(21,22)23)28-14-4-5-24-17(29-14)13-8-26-16-12(13)6-11(20)7-25-16/h7-8,10,12,15H,3-6,9H2,1-2H3,(H,25,26)(H,27,30)(H,24,28,29)/t10-,12?,15+/m1/s1. The monoisotopic (exact) mass is 444 g/mol. The van der Waals surface area contributed by atoms with E-state index in [0.29, 0.717) is 42.5 Å². The summed E-state index contributed by atoms with van der Waals surface area (Å²) in [4.78, 5) is 25.7. The molecule has 0 saturated carbocycles. The number of fused-ring (bicyclic) bond motifs is 1. The zero-order valence-electron chi connectivity index (χ0n) is 16.7. The van der Waals surface area contributed by atoms with Crippen molar-refractivity contribution in [3.63, 3.8) is 0 Å². The number of amidine groups is 3. The molecule has 0 bridgehead atoms. The first-order valence-corrected chi connectivity index (χ1v) is 10.2. The Morgan fingerprint density at radius 2 is 2.23 bits per heavy atom. The number of carbonyl (C=O) groups is 1. The van der Waals surface area contributed by atoms with E-state index < -0.39 is 24.7 Å². The van der Waals surface area contributed by atoms with Gasteiger partial charge in [-0.05, 0) is 12.3 Å². The van der Waals surface area contributed by atoms with E-state index in [4.69, 9.17) is 11.6 Å². The van der Waals surface area contributed by atoms with Crippen molar-refractivity contribution in [1.29, 1.82) is 0 Å². The van der Waals surface area contributed by atoms with Crippen molar-refractivity contribution in [2.75, 3.05) is 13.1 Å². The molecule has 7 nitrogen and oxygen atoms in total. The fourth-order valence-corrected chi connectivity index (χ4v) is 3.56. The van der Waals surface area contributed by atoms with Crippen LogP contribution in [0.1, 0.15) is 33.1 Å². The maximum Gasteiger partial charge on any atom is 0.405 e. The second-order valence-corrected chi connectivity index (χ2v) is 7.92. The maximum atomic E-state index is 12.5. The van der Waals surface area contributed by atoms with Crippen LogP contribution in [0.5, 0.6) is 0 Å². The van der Waals surface area contributed by atoms with Gasteiger partial charge in [-0.2, -0.15) is 13.2 Å². The Morgan fingerprint density at radius 3 is 2.93 bits per heavy atom. The molecule has 3 rings (SSSR count). The zero-order valence-corrected chi connectivity index (χ0v) is 17.4. The third-order valence-electron chi connectivity index (χ3n) is 5.19. The van der Waals surface area contributed by atoms with Gasteiger partial charge in [0.05, 0.1) is 5.92 Å². The highest BCUT2D eigenvalue weighted by atomic mass is 35.5. The van der Waals surface area contributed by atoms with Crippen molar-refractivity contribution < 1.29 is 18.0 Å². The Bertz CT molecular complexity index is 846. The third kappa shape index (κ3) is 5.41. The van der Waals surface area contributed by atoms with Crippen LogP contribution in [0.15, 0.2) is 38.0 Å². The van der Waals surface area contributed by atoms with Gasteiger partial charge in [0, 0.05) is 36.0 Å². The molecule has 3 heterocycles. The molecule has 1 amide bonds. The molecule has 30 heavy (non-hydrogen) atoms. The molecule has 3 aliphatic heterocycles. The Balaban J connectivity index is 1.73. The Morgan fingerprint density at radius 1 is 1.47 bits per heavy atom. The van der Waals surface area contributed by atoms with E-state index in [1.165, 1.54) is 0 Å². The summed E-state index contributed by atoms with van der Waals surface area (Å²) in [6.07, 6.45) is 0.615. The number of allylic oxidation sites excluding steroid dienone is 1. The summed E-state index contributed by atoms with van der Waals surface area (Å²) in [5, 5.41) is 8.85. The predicted molar refractivity (Wildman–Crippen MR) is 110 cm³/mol. The van der Waals surface area contributed by atoms with Crippen molar-refractivity contribution >= 4 is 35.0 Å². The summed E-state index contributed by atoms with van der Waals surface area (Å²) in [6, 6.07) is -0.918. The van der Waals surface area contributed by atoms with E-state index in [9.17, 15) is 18.0 Å². The van der Waals surface area contributed by atoms with E-state index >= 15 is 0 Å². The number of nitrogens with zero attached hydrogens (tertiary/aromatic N) is 3. The van der Waals surface area contributed by atoms with Gasteiger partial charge in [-0.25, -0.2) is 4.99 Å². The quantitative estimate of drug-likeness (QED) is 0.588. The van der Waals surface area contributed by atoms with Crippen molar-refractivity contribution in [2.24, 2.45) is 26.8 Å². The zero-order chi connectivity index (χ0) is 21.9. The lowest BCUT2D eigenvalue weighted by atomic mass is 9.94. The molecular formula is C19H24ClF3N6O. The van der Waals surface area contributed by atoms with Gasteiger partial charge in [0.2, 0.25) is 5.91 Å². The SMILES string of the molecule is CC[C@@H](C)[C@H](N=C1CCN=C(C2=CNC3=NC=C(Cl)CC23)N1)C(=O)NCC(F)(F)F. The van der Waals surface area contributed by atoms with Crippen LogP contribution in [0.4, 0.5) is 13.2 Å². The molecule has 0 aromatic carbocycles. The molecule has 0 fully saturated rings. The van der Waals surface area contributed by atoms with E-state index in [0.717, 1.165) is 11.4 Å². The predicted octanol–water partition coefficient (Wildman–Crippen LogP) is 2.86. The largest absolute Gasteiger partial charge is 0.405 e. The van der Waals surface area contributed by atoms with Crippen molar-refractivity contribution in [3.05, 3.63) is 23.0 Å². The van der Waals surface area contributed by atoms with Gasteiger partial charge in [0.1, 0.15) is 30.1 Å². The smallest absolute Gasteiger partial charge is 0.349 e. The first-order valence-electron chi connectivity index (χ1n) is 9.79. The molecule has 11 heteroatoms. The average molecular weight is 445 g/mol. The normalized spacial score (nSPS) is 24.5. The molecular weight excluding hydrogens is 421 g/mol. The number of aliphatic imine (C=N–C) groups is 3. The van der Waals surface area contributed by atoms with E-state index in [1.54, 1.807) is 13.1 Å². The van der Waals surface area contributed by atoms with Crippen molar-refractivity contribution in [2.45, 2.75) is 45.3 Å². The Hall–Kier alpha value is -2.36. The minimum Gasteiger partial charge on any atom is -0.349 e. The van der Waals surface area contributed by atoms with Gasteiger partial charge < -0.3 is 16.0 Å². The summed E-state index contributed by atoms with van der Waals surface area (Å²) in [5.74, 6) is 0.910. The summed E-state index contributed by atoms with van der Waals surface area (Å²) in [6.45, 7) is 2.74. The lowest BCUT2D eigenvalue weighted by Gasteiger charge is -2.25. The first-order chi connectivity index (χ1) is 14.2. The summed E-state index contributed by atoms with van der Waals surface area (Å²) < 4.78 is 37.5. The number of carbonyl (C=O) groups excluding carboxylic acids is 1. The molecule has 164 valence electrons. The highest BCUT2D eigenvalue weighted by Gasteiger charge is 2.34. The number of hydrogen-bond donors (Lipinski definition) is 3. The summed E-state index contributed by atoms with van der Waals surface area (Å²) in [7, 11) is 0. The van der Waals surface area contributed by atoms with Gasteiger partial charge in [-0.15, -0.1) is 0 Å². The second kappa shape index (κ2) is 9.20. The average Bonchev–Trinajstić information content (AvgIpc) is 3.12. The van der Waals surface area contributed by atoms with Crippen molar-refractivity contribution in [3.8, 4) is 0 Å². The number of rotatable bonds is 6. The molecule has 3 aliphatic rings. The molecule has 3 atom stereocenters. The van der Waals surface area contributed by atoms with Gasteiger partial charge in [0.25, 0.3) is 0 Å². The summed E-state index contributed by atoms with van der Waals surface area (Å²) in [5.41, 5.74) is 0.883. The number of nitrogens with one attached hydrogen (secondary N) is 3. The molecule has 0 aromatic rings. The van der Waals surface area contributed by atoms with Gasteiger partial charge in [0.15, 0.2) is 0 Å². The number of halogens is 4. The first kappa shape index (κ1) is 22.3. The lowest BCUT2D eigenvalue weighted by Crippen LogP contribution is -2.44. The van der Waals surface area contributed by atoms with Crippen LogP contribution in [0.3, 0.4) is 0 Å². The Kier molecular flexibility index (Phi) is 6.84. The van der Waals surface area contributed by atoms with Crippen LogP contribution in [-0.4, -0.2) is 48.7 Å². The van der Waals surface area contributed by atoms with Crippen LogP contribution in [0, 0.1) is 11.8 Å². The third-order valence-corrected chi connectivity index (χ3v) is 5.44. The molecule has 0 spiro atoms. The number of hydrogen-bond acceptors (Lipinski definition) is 5. The van der Waals surface area contributed by atoms with Crippen LogP contribution < -0.4 is 16.0 Å². The highest BCUT2D eigenvalue weighted by Crippen LogP contribution is 2.31. The van der Waals surface area contributed by atoms with E-state index in [-0.39, 0.29) is 11.8 Å². The highest BCUT2D eigenvalue weighted by molar-refractivity contribution is 6.30.